The van der Waals surface area contributed by atoms with Crippen LogP contribution in [-0.2, 0) is 4.79 Å². The van der Waals surface area contributed by atoms with Crippen molar-refractivity contribution in [2.45, 2.75) is 0 Å². The lowest BCUT2D eigenvalue weighted by molar-refractivity contribution is -0.139. The van der Waals surface area contributed by atoms with Gasteiger partial charge in [-0.2, -0.15) is 15.4 Å². The first-order valence-corrected chi connectivity index (χ1v) is 6.66. The minimum absolute atomic E-state index is 0.0969. The number of aromatic nitrogens is 3. The average molecular weight is 371 g/mol. The summed E-state index contributed by atoms with van der Waals surface area (Å²) in [5, 5.41) is 18.6. The Kier molecular flexibility index (Phi) is 4.61. The number of nitrogens with one attached hydrogen (secondary N) is 1. The summed E-state index contributed by atoms with van der Waals surface area (Å²) in [6, 6.07) is 3.18. The number of carbonyl (C=O) groups is 2. The van der Waals surface area contributed by atoms with Crippen LogP contribution >= 0.6 is 15.9 Å². The summed E-state index contributed by atoms with van der Waals surface area (Å²) in [5.41, 5.74) is 5.59. The number of carbonyl (C=O) groups excluding carboxylic acids is 1. The minimum atomic E-state index is -1.16. The van der Waals surface area contributed by atoms with E-state index in [2.05, 4.69) is 31.3 Å². The molecule has 0 spiro atoms. The van der Waals surface area contributed by atoms with Crippen LogP contribution in [0.4, 0.5) is 0 Å². The second-order valence-electron chi connectivity index (χ2n) is 4.05. The van der Waals surface area contributed by atoms with E-state index in [9.17, 15) is 9.59 Å². The number of nitrogens with zero attached hydrogens (tertiary/aromatic N) is 2. The van der Waals surface area contributed by atoms with E-state index in [0.29, 0.717) is 10.0 Å². The monoisotopic (exact) mass is 370 g/mol. The van der Waals surface area contributed by atoms with Gasteiger partial charge in [-0.25, -0.2) is 4.79 Å². The SMILES string of the molecule is COc1cc(Br)cc(-c2n[nH]nc2C(N)=O)c1OCC(=O)O. The van der Waals surface area contributed by atoms with Gasteiger partial charge in [0, 0.05) is 4.47 Å². The molecule has 0 aliphatic rings. The van der Waals surface area contributed by atoms with Crippen molar-refractivity contribution in [3.05, 3.63) is 22.3 Å². The standard InChI is InChI=1S/C12H11BrN4O5/c1-21-7-3-5(13)2-6(11(7)22-4-8(18)19)9-10(12(14)20)16-17-15-9/h2-3H,4H2,1H3,(H2,14,20)(H,18,19)(H,15,16,17). The van der Waals surface area contributed by atoms with Crippen molar-refractivity contribution in [2.75, 3.05) is 13.7 Å². The fourth-order valence-corrected chi connectivity index (χ4v) is 2.21. The summed E-state index contributed by atoms with van der Waals surface area (Å²) < 4.78 is 11.0. The Bertz CT molecular complexity index is 730. The molecule has 1 heterocycles. The predicted octanol–water partition coefficient (Wildman–Crippen LogP) is 0.805. The Balaban J connectivity index is 2.62. The zero-order valence-electron chi connectivity index (χ0n) is 11.3. The zero-order valence-corrected chi connectivity index (χ0v) is 12.9. The van der Waals surface area contributed by atoms with Crippen LogP contribution in [0.2, 0.25) is 0 Å². The van der Waals surface area contributed by atoms with Crippen LogP contribution in [-0.4, -0.2) is 46.1 Å². The summed E-state index contributed by atoms with van der Waals surface area (Å²) in [4.78, 5) is 22.1. The molecule has 10 heteroatoms. The van der Waals surface area contributed by atoms with Crippen molar-refractivity contribution in [1.82, 2.24) is 15.4 Å². The van der Waals surface area contributed by atoms with Crippen LogP contribution in [0, 0.1) is 0 Å². The number of nitrogens with two attached hydrogens (primary N) is 1. The van der Waals surface area contributed by atoms with E-state index >= 15 is 0 Å². The second kappa shape index (κ2) is 6.43. The number of H-pyrrole nitrogens is 1. The first-order chi connectivity index (χ1) is 10.4. The molecule has 2 aromatic rings. The van der Waals surface area contributed by atoms with Crippen molar-refractivity contribution in [1.29, 1.82) is 0 Å². The fourth-order valence-electron chi connectivity index (χ4n) is 1.77. The van der Waals surface area contributed by atoms with Crippen molar-refractivity contribution in [2.24, 2.45) is 5.73 Å². The van der Waals surface area contributed by atoms with Gasteiger partial charge < -0.3 is 20.3 Å². The number of amides is 1. The molecule has 0 fully saturated rings. The van der Waals surface area contributed by atoms with E-state index < -0.39 is 18.5 Å². The maximum atomic E-state index is 11.4. The largest absolute Gasteiger partial charge is 0.493 e. The molecule has 0 radical (unpaired) electrons. The van der Waals surface area contributed by atoms with E-state index in [1.807, 2.05) is 0 Å². The van der Waals surface area contributed by atoms with Gasteiger partial charge in [0.25, 0.3) is 5.91 Å². The number of rotatable bonds is 6. The van der Waals surface area contributed by atoms with Gasteiger partial charge in [0.1, 0.15) is 5.69 Å². The summed E-state index contributed by atoms with van der Waals surface area (Å²) in [6.07, 6.45) is 0. The number of primary amides is 1. The smallest absolute Gasteiger partial charge is 0.341 e. The lowest BCUT2D eigenvalue weighted by Gasteiger charge is -2.14. The quantitative estimate of drug-likeness (QED) is 0.682. The first kappa shape index (κ1) is 15.8. The van der Waals surface area contributed by atoms with Crippen LogP contribution in [0.1, 0.15) is 10.5 Å². The van der Waals surface area contributed by atoms with Gasteiger partial charge in [-0.15, -0.1) is 0 Å². The highest BCUT2D eigenvalue weighted by molar-refractivity contribution is 9.10. The van der Waals surface area contributed by atoms with Gasteiger partial charge in [-0.1, -0.05) is 15.9 Å². The Morgan fingerprint density at radius 3 is 2.73 bits per heavy atom. The van der Waals surface area contributed by atoms with Gasteiger partial charge in [-0.05, 0) is 12.1 Å². The molecule has 9 nitrogen and oxygen atoms in total. The molecule has 2 rings (SSSR count). The highest BCUT2D eigenvalue weighted by Crippen LogP contribution is 2.40. The highest BCUT2D eigenvalue weighted by Gasteiger charge is 2.23. The Hall–Kier alpha value is -2.62. The second-order valence-corrected chi connectivity index (χ2v) is 4.97. The third-order valence-corrected chi connectivity index (χ3v) is 3.07. The number of carboxylic acid groups (broad SMARTS) is 1. The van der Waals surface area contributed by atoms with Crippen LogP contribution in [0.5, 0.6) is 11.5 Å². The van der Waals surface area contributed by atoms with E-state index in [-0.39, 0.29) is 22.9 Å². The molecule has 0 aliphatic heterocycles. The third kappa shape index (κ3) is 3.17. The lowest BCUT2D eigenvalue weighted by atomic mass is 10.1. The van der Waals surface area contributed by atoms with Crippen LogP contribution in [0.25, 0.3) is 11.3 Å². The molecule has 116 valence electrons. The van der Waals surface area contributed by atoms with Crippen LogP contribution in [0.15, 0.2) is 16.6 Å². The number of halogens is 1. The Morgan fingerprint density at radius 2 is 2.14 bits per heavy atom. The fraction of sp³-hybridized carbons (Fsp3) is 0.167. The van der Waals surface area contributed by atoms with Crippen molar-refractivity contribution >= 4 is 27.8 Å². The normalized spacial score (nSPS) is 10.3. The molecule has 0 atom stereocenters. The molecule has 22 heavy (non-hydrogen) atoms. The molecule has 0 saturated carbocycles. The maximum Gasteiger partial charge on any atom is 0.341 e. The molecule has 4 N–H and O–H groups in total. The highest BCUT2D eigenvalue weighted by atomic mass is 79.9. The van der Waals surface area contributed by atoms with Crippen LogP contribution in [0.3, 0.4) is 0 Å². The summed E-state index contributed by atoms with van der Waals surface area (Å²) in [5.74, 6) is -1.56. The van der Waals surface area contributed by atoms with Crippen molar-refractivity contribution < 1.29 is 24.2 Å². The summed E-state index contributed by atoms with van der Waals surface area (Å²) >= 11 is 3.29. The molecule has 0 saturated heterocycles. The molecule has 0 bridgehead atoms. The van der Waals surface area contributed by atoms with Crippen molar-refractivity contribution in [3.8, 4) is 22.8 Å². The van der Waals surface area contributed by atoms with Gasteiger partial charge in [0.05, 0.1) is 12.7 Å². The van der Waals surface area contributed by atoms with E-state index in [1.54, 1.807) is 12.1 Å². The van der Waals surface area contributed by atoms with Crippen molar-refractivity contribution in [3.63, 3.8) is 0 Å². The number of benzene rings is 1. The van der Waals surface area contributed by atoms with E-state index in [0.717, 1.165) is 0 Å². The number of ether oxygens (including phenoxy) is 2. The van der Waals surface area contributed by atoms with Crippen LogP contribution < -0.4 is 15.2 Å². The molecule has 1 aromatic carbocycles. The molecule has 0 aliphatic carbocycles. The third-order valence-electron chi connectivity index (χ3n) is 2.62. The topological polar surface area (TPSA) is 140 Å². The summed E-state index contributed by atoms with van der Waals surface area (Å²) in [7, 11) is 1.40. The molecular formula is C12H11BrN4O5. The summed E-state index contributed by atoms with van der Waals surface area (Å²) in [6.45, 7) is -0.589. The minimum Gasteiger partial charge on any atom is -0.493 e. The maximum absolute atomic E-state index is 11.4. The van der Waals surface area contributed by atoms with E-state index in [4.69, 9.17) is 20.3 Å². The van der Waals surface area contributed by atoms with E-state index in [1.165, 1.54) is 7.11 Å². The number of hydrogen-bond donors (Lipinski definition) is 3. The zero-order chi connectivity index (χ0) is 16.3. The molecule has 0 unspecified atom stereocenters. The number of methoxy groups -OCH3 is 1. The number of carboxylic acids is 1. The average Bonchev–Trinajstić information content (AvgIpc) is 2.94. The van der Waals surface area contributed by atoms with Gasteiger partial charge in [0.15, 0.2) is 23.8 Å². The molecular weight excluding hydrogens is 360 g/mol. The molecule has 1 aromatic heterocycles. The Morgan fingerprint density at radius 1 is 1.41 bits per heavy atom. The first-order valence-electron chi connectivity index (χ1n) is 5.87. The van der Waals surface area contributed by atoms with Gasteiger partial charge in [-0.3, -0.25) is 4.79 Å². The predicted molar refractivity (Wildman–Crippen MR) is 77.7 cm³/mol. The molecule has 1 amide bonds. The van der Waals surface area contributed by atoms with Gasteiger partial charge >= 0.3 is 5.97 Å². The number of aromatic amines is 1. The number of hydrogen-bond acceptors (Lipinski definition) is 6. The number of aliphatic carboxylic acids is 1. The van der Waals surface area contributed by atoms with Gasteiger partial charge in [0.2, 0.25) is 0 Å². The Labute approximate surface area is 132 Å². The lowest BCUT2D eigenvalue weighted by Crippen LogP contribution is -2.14.